The summed E-state index contributed by atoms with van der Waals surface area (Å²) in [5, 5.41) is 0. The summed E-state index contributed by atoms with van der Waals surface area (Å²) in [5.41, 5.74) is 6.80. The summed E-state index contributed by atoms with van der Waals surface area (Å²) in [4.78, 5) is 0. The van der Waals surface area contributed by atoms with E-state index >= 15 is 0 Å². The summed E-state index contributed by atoms with van der Waals surface area (Å²) in [6.07, 6.45) is -4.38. The lowest BCUT2D eigenvalue weighted by Gasteiger charge is -2.16. The minimum Gasteiger partial charge on any atom is -0.370 e. The second-order valence-electron chi connectivity index (χ2n) is 3.74. The zero-order chi connectivity index (χ0) is 13.1. The highest BCUT2D eigenvalue weighted by atomic mass is 19.4. The standard InChI is InChI=1S/C11H13F4NO/c1-7-2-3-8(12)4-9(7)10(16)5-17-6-11(13,14)15/h2-4,10H,5-6,16H2,1H3. The van der Waals surface area contributed by atoms with Crippen molar-refractivity contribution in [2.24, 2.45) is 5.73 Å². The van der Waals surface area contributed by atoms with Crippen molar-refractivity contribution >= 4 is 0 Å². The number of ether oxygens (including phenoxy) is 1. The van der Waals surface area contributed by atoms with Gasteiger partial charge in [0, 0.05) is 0 Å². The fourth-order valence-corrected chi connectivity index (χ4v) is 1.40. The van der Waals surface area contributed by atoms with E-state index in [0.29, 0.717) is 5.56 Å². The monoisotopic (exact) mass is 251 g/mol. The van der Waals surface area contributed by atoms with Gasteiger partial charge in [-0.2, -0.15) is 13.2 Å². The third-order valence-corrected chi connectivity index (χ3v) is 2.20. The van der Waals surface area contributed by atoms with Gasteiger partial charge in [0.15, 0.2) is 0 Å². The molecule has 1 unspecified atom stereocenters. The van der Waals surface area contributed by atoms with Crippen LogP contribution in [0.25, 0.3) is 0 Å². The summed E-state index contributed by atoms with van der Waals surface area (Å²) in [6, 6.07) is 3.22. The molecule has 1 aromatic carbocycles. The van der Waals surface area contributed by atoms with E-state index in [1.165, 1.54) is 18.2 Å². The van der Waals surface area contributed by atoms with Gasteiger partial charge in [0.25, 0.3) is 0 Å². The average Bonchev–Trinajstić information content (AvgIpc) is 2.19. The summed E-state index contributed by atoms with van der Waals surface area (Å²) in [7, 11) is 0. The van der Waals surface area contributed by atoms with Crippen molar-refractivity contribution in [1.82, 2.24) is 0 Å². The van der Waals surface area contributed by atoms with E-state index in [-0.39, 0.29) is 6.61 Å². The van der Waals surface area contributed by atoms with Gasteiger partial charge >= 0.3 is 6.18 Å². The Morgan fingerprint density at radius 1 is 1.35 bits per heavy atom. The van der Waals surface area contributed by atoms with E-state index in [0.717, 1.165) is 5.56 Å². The molecule has 0 amide bonds. The number of hydrogen-bond acceptors (Lipinski definition) is 2. The summed E-state index contributed by atoms with van der Waals surface area (Å²) < 4.78 is 52.9. The molecule has 2 N–H and O–H groups in total. The van der Waals surface area contributed by atoms with Crippen LogP contribution in [0.3, 0.4) is 0 Å². The number of rotatable bonds is 4. The lowest BCUT2D eigenvalue weighted by molar-refractivity contribution is -0.174. The summed E-state index contributed by atoms with van der Waals surface area (Å²) >= 11 is 0. The minimum absolute atomic E-state index is 0.302. The Balaban J connectivity index is 2.58. The highest BCUT2D eigenvalue weighted by Gasteiger charge is 2.27. The van der Waals surface area contributed by atoms with Crippen molar-refractivity contribution in [2.45, 2.75) is 19.1 Å². The van der Waals surface area contributed by atoms with Crippen molar-refractivity contribution in [3.8, 4) is 0 Å². The van der Waals surface area contributed by atoms with Crippen LogP contribution in [0.5, 0.6) is 0 Å². The van der Waals surface area contributed by atoms with Crippen molar-refractivity contribution in [3.05, 3.63) is 35.1 Å². The molecule has 6 heteroatoms. The Kier molecular flexibility index (Phi) is 4.47. The van der Waals surface area contributed by atoms with Crippen LogP contribution in [-0.2, 0) is 4.74 Å². The molecular formula is C11H13F4NO. The molecule has 1 rings (SSSR count). The fourth-order valence-electron chi connectivity index (χ4n) is 1.40. The molecule has 0 saturated heterocycles. The molecule has 0 heterocycles. The van der Waals surface area contributed by atoms with Crippen LogP contribution >= 0.6 is 0 Å². The molecule has 1 aromatic rings. The second-order valence-corrected chi connectivity index (χ2v) is 3.74. The molecule has 0 aromatic heterocycles. The molecule has 0 bridgehead atoms. The first-order valence-corrected chi connectivity index (χ1v) is 4.96. The van der Waals surface area contributed by atoms with Gasteiger partial charge in [0.2, 0.25) is 0 Å². The molecule has 0 fully saturated rings. The summed E-state index contributed by atoms with van der Waals surface area (Å²) in [5.74, 6) is -0.475. The average molecular weight is 251 g/mol. The molecule has 0 aliphatic carbocycles. The van der Waals surface area contributed by atoms with E-state index < -0.39 is 24.6 Å². The van der Waals surface area contributed by atoms with Gasteiger partial charge < -0.3 is 10.5 Å². The van der Waals surface area contributed by atoms with Gasteiger partial charge in [-0.25, -0.2) is 4.39 Å². The largest absolute Gasteiger partial charge is 0.411 e. The first-order chi connectivity index (χ1) is 7.79. The van der Waals surface area contributed by atoms with E-state index in [9.17, 15) is 17.6 Å². The molecule has 0 aliphatic heterocycles. The number of halogens is 4. The third kappa shape index (κ3) is 4.70. The molecule has 17 heavy (non-hydrogen) atoms. The zero-order valence-corrected chi connectivity index (χ0v) is 9.22. The number of nitrogens with two attached hydrogens (primary N) is 1. The Labute approximate surface area is 96.4 Å². The van der Waals surface area contributed by atoms with Crippen LogP contribution in [0.1, 0.15) is 17.2 Å². The molecular weight excluding hydrogens is 238 g/mol. The molecule has 2 nitrogen and oxygen atoms in total. The van der Waals surface area contributed by atoms with E-state index in [4.69, 9.17) is 5.73 Å². The van der Waals surface area contributed by atoms with Crippen LogP contribution in [0, 0.1) is 12.7 Å². The lowest BCUT2D eigenvalue weighted by atomic mass is 10.0. The summed E-state index contributed by atoms with van der Waals surface area (Å²) in [6.45, 7) is 0.0528. The van der Waals surface area contributed by atoms with Crippen molar-refractivity contribution in [3.63, 3.8) is 0 Å². The van der Waals surface area contributed by atoms with Crippen LogP contribution < -0.4 is 5.73 Å². The Bertz CT molecular complexity index is 378. The van der Waals surface area contributed by atoms with Crippen LogP contribution in [0.4, 0.5) is 17.6 Å². The SMILES string of the molecule is Cc1ccc(F)cc1C(N)COCC(F)(F)F. The number of benzene rings is 1. The minimum atomic E-state index is -4.38. The van der Waals surface area contributed by atoms with Gasteiger partial charge in [0.05, 0.1) is 12.6 Å². The van der Waals surface area contributed by atoms with E-state index in [1.807, 2.05) is 0 Å². The van der Waals surface area contributed by atoms with Crippen LogP contribution in [0.2, 0.25) is 0 Å². The highest BCUT2D eigenvalue weighted by molar-refractivity contribution is 5.29. The Morgan fingerprint density at radius 3 is 2.59 bits per heavy atom. The molecule has 0 radical (unpaired) electrons. The van der Waals surface area contributed by atoms with Gasteiger partial charge in [-0.3, -0.25) is 0 Å². The highest BCUT2D eigenvalue weighted by Crippen LogP contribution is 2.19. The van der Waals surface area contributed by atoms with Crippen LogP contribution in [0.15, 0.2) is 18.2 Å². The quantitative estimate of drug-likeness (QED) is 0.835. The normalized spacial score (nSPS) is 13.8. The first-order valence-electron chi connectivity index (χ1n) is 4.96. The maximum Gasteiger partial charge on any atom is 0.411 e. The van der Waals surface area contributed by atoms with Crippen molar-refractivity contribution in [1.29, 1.82) is 0 Å². The first kappa shape index (κ1) is 13.9. The Morgan fingerprint density at radius 2 is 2.00 bits per heavy atom. The smallest absolute Gasteiger partial charge is 0.370 e. The fraction of sp³-hybridized carbons (Fsp3) is 0.455. The topological polar surface area (TPSA) is 35.2 Å². The van der Waals surface area contributed by atoms with Crippen molar-refractivity contribution < 1.29 is 22.3 Å². The number of hydrogen-bond donors (Lipinski definition) is 1. The lowest BCUT2D eigenvalue weighted by Crippen LogP contribution is -2.23. The van der Waals surface area contributed by atoms with Crippen LogP contribution in [-0.4, -0.2) is 19.4 Å². The molecule has 0 saturated carbocycles. The number of aryl methyl sites for hydroxylation is 1. The van der Waals surface area contributed by atoms with Gasteiger partial charge in [-0.05, 0) is 30.2 Å². The zero-order valence-electron chi connectivity index (χ0n) is 9.22. The molecule has 0 aliphatic rings. The van der Waals surface area contributed by atoms with Gasteiger partial charge in [-0.15, -0.1) is 0 Å². The molecule has 1 atom stereocenters. The molecule has 96 valence electrons. The number of alkyl halides is 3. The second kappa shape index (κ2) is 5.46. The third-order valence-electron chi connectivity index (χ3n) is 2.20. The van der Waals surface area contributed by atoms with Crippen molar-refractivity contribution in [2.75, 3.05) is 13.2 Å². The Hall–Kier alpha value is -1.14. The van der Waals surface area contributed by atoms with E-state index in [1.54, 1.807) is 6.92 Å². The van der Waals surface area contributed by atoms with Gasteiger partial charge in [-0.1, -0.05) is 6.07 Å². The van der Waals surface area contributed by atoms with Gasteiger partial charge in [0.1, 0.15) is 12.4 Å². The van der Waals surface area contributed by atoms with E-state index in [2.05, 4.69) is 4.74 Å². The molecule has 0 spiro atoms. The predicted octanol–water partition coefficient (Wildman–Crippen LogP) is 2.71. The predicted molar refractivity (Wildman–Crippen MR) is 54.9 cm³/mol. The maximum absolute atomic E-state index is 12.9. The maximum atomic E-state index is 12.9.